The highest BCUT2D eigenvalue weighted by molar-refractivity contribution is 5.55. The van der Waals surface area contributed by atoms with Gasteiger partial charge in [0.1, 0.15) is 17.4 Å². The fourth-order valence-corrected chi connectivity index (χ4v) is 2.31. The summed E-state index contributed by atoms with van der Waals surface area (Å²) in [7, 11) is 0. The molecule has 4 nitrogen and oxygen atoms in total. The molecule has 0 spiro atoms. The van der Waals surface area contributed by atoms with E-state index in [-0.39, 0.29) is 11.6 Å². The van der Waals surface area contributed by atoms with Crippen LogP contribution in [0.3, 0.4) is 0 Å². The lowest BCUT2D eigenvalue weighted by Gasteiger charge is -2.10. The second-order valence-corrected chi connectivity index (χ2v) is 4.70. The van der Waals surface area contributed by atoms with Crippen LogP contribution in [-0.4, -0.2) is 4.98 Å². The number of nitrogen functional groups attached to an aromatic ring is 1. The van der Waals surface area contributed by atoms with E-state index in [1.54, 1.807) is 6.07 Å². The minimum Gasteiger partial charge on any atom is -0.435 e. The lowest BCUT2D eigenvalue weighted by Crippen LogP contribution is -1.99. The Balaban J connectivity index is 2.02. The van der Waals surface area contributed by atoms with E-state index >= 15 is 0 Å². The van der Waals surface area contributed by atoms with Crippen LogP contribution in [0.2, 0.25) is 0 Å². The normalized spacial score (nSPS) is 12.8. The van der Waals surface area contributed by atoms with Crippen LogP contribution in [0.1, 0.15) is 23.2 Å². The molecule has 0 amide bonds. The van der Waals surface area contributed by atoms with E-state index in [4.69, 9.17) is 10.5 Å². The van der Waals surface area contributed by atoms with Crippen molar-refractivity contribution in [1.82, 2.24) is 4.98 Å². The van der Waals surface area contributed by atoms with E-state index in [0.29, 0.717) is 11.3 Å². The van der Waals surface area contributed by atoms with Gasteiger partial charge in [-0.2, -0.15) is 5.26 Å². The summed E-state index contributed by atoms with van der Waals surface area (Å²) in [5.74, 6) is -0.0914. The van der Waals surface area contributed by atoms with Gasteiger partial charge in [-0.25, -0.2) is 9.37 Å². The number of hydrogen-bond donors (Lipinski definition) is 1. The van der Waals surface area contributed by atoms with Crippen molar-refractivity contribution in [2.24, 2.45) is 0 Å². The fourth-order valence-electron chi connectivity index (χ4n) is 2.31. The highest BCUT2D eigenvalue weighted by atomic mass is 19.1. The third kappa shape index (κ3) is 2.16. The Hall–Kier alpha value is -2.61. The van der Waals surface area contributed by atoms with Crippen molar-refractivity contribution >= 4 is 5.69 Å². The number of ether oxygens (including phenoxy) is 1. The van der Waals surface area contributed by atoms with Crippen LogP contribution in [0.25, 0.3) is 0 Å². The van der Waals surface area contributed by atoms with Crippen molar-refractivity contribution in [2.45, 2.75) is 19.3 Å². The third-order valence-electron chi connectivity index (χ3n) is 3.32. The molecule has 3 rings (SSSR count). The molecule has 1 heterocycles. The van der Waals surface area contributed by atoms with Crippen molar-refractivity contribution in [3.63, 3.8) is 0 Å². The summed E-state index contributed by atoms with van der Waals surface area (Å²) in [6.45, 7) is 0. The van der Waals surface area contributed by atoms with Gasteiger partial charge in [-0.3, -0.25) is 0 Å². The molecule has 1 aliphatic rings. The number of benzene rings is 1. The van der Waals surface area contributed by atoms with Gasteiger partial charge in [-0.15, -0.1) is 0 Å². The Labute approximate surface area is 115 Å². The Morgan fingerprint density at radius 1 is 1.30 bits per heavy atom. The Morgan fingerprint density at radius 2 is 2.15 bits per heavy atom. The highest BCUT2D eigenvalue weighted by Gasteiger charge is 2.18. The maximum atomic E-state index is 13.2. The smallest absolute Gasteiger partial charge is 0.237 e. The number of aromatic nitrogens is 1. The van der Waals surface area contributed by atoms with Crippen LogP contribution in [0.4, 0.5) is 10.1 Å². The lowest BCUT2D eigenvalue weighted by atomic mass is 10.1. The van der Waals surface area contributed by atoms with Crippen molar-refractivity contribution in [3.8, 4) is 17.7 Å². The number of pyridine rings is 1. The van der Waals surface area contributed by atoms with Gasteiger partial charge in [-0.05, 0) is 43.0 Å². The molecular weight excluding hydrogens is 257 g/mol. The number of rotatable bonds is 2. The van der Waals surface area contributed by atoms with Gasteiger partial charge in [0.2, 0.25) is 5.88 Å². The zero-order valence-corrected chi connectivity index (χ0v) is 10.7. The number of nitrogens with two attached hydrogens (primary N) is 1. The molecule has 2 aromatic rings. The van der Waals surface area contributed by atoms with Crippen LogP contribution in [0, 0.1) is 17.1 Å². The molecule has 0 aliphatic heterocycles. The van der Waals surface area contributed by atoms with Gasteiger partial charge < -0.3 is 10.5 Å². The molecule has 2 N–H and O–H groups in total. The predicted octanol–water partition coefficient (Wildman–Crippen LogP) is 2.96. The zero-order chi connectivity index (χ0) is 14.1. The van der Waals surface area contributed by atoms with Crippen LogP contribution in [-0.2, 0) is 12.8 Å². The first-order valence-corrected chi connectivity index (χ1v) is 6.33. The molecule has 1 aromatic carbocycles. The van der Waals surface area contributed by atoms with E-state index in [1.165, 1.54) is 18.2 Å². The average Bonchev–Trinajstić information content (AvgIpc) is 2.89. The van der Waals surface area contributed by atoms with E-state index < -0.39 is 5.82 Å². The van der Waals surface area contributed by atoms with Crippen molar-refractivity contribution in [1.29, 1.82) is 5.26 Å². The highest BCUT2D eigenvalue weighted by Crippen LogP contribution is 2.32. The first-order chi connectivity index (χ1) is 9.67. The molecule has 0 atom stereocenters. The van der Waals surface area contributed by atoms with Crippen LogP contribution >= 0.6 is 0 Å². The quantitative estimate of drug-likeness (QED) is 0.851. The Bertz CT molecular complexity index is 722. The molecule has 100 valence electrons. The molecule has 0 unspecified atom stereocenters. The molecule has 0 saturated heterocycles. The first-order valence-electron chi connectivity index (χ1n) is 6.33. The van der Waals surface area contributed by atoms with E-state index in [9.17, 15) is 9.65 Å². The molecule has 1 aliphatic carbocycles. The first kappa shape index (κ1) is 12.4. The van der Waals surface area contributed by atoms with Crippen LogP contribution in [0.15, 0.2) is 24.3 Å². The van der Waals surface area contributed by atoms with Crippen molar-refractivity contribution in [2.75, 3.05) is 5.73 Å². The standard InChI is InChI=1S/C15H12FN3O/c16-11-4-5-12(18)14(7-11)20-15-10(8-17)6-9-2-1-3-13(9)19-15/h4-7H,1-3,18H2. The monoisotopic (exact) mass is 269 g/mol. The lowest BCUT2D eigenvalue weighted by molar-refractivity contribution is 0.457. The summed E-state index contributed by atoms with van der Waals surface area (Å²) in [6, 6.07) is 7.71. The molecule has 0 saturated carbocycles. The zero-order valence-electron chi connectivity index (χ0n) is 10.7. The van der Waals surface area contributed by atoms with Gasteiger partial charge in [0.05, 0.1) is 5.69 Å². The molecule has 5 heteroatoms. The van der Waals surface area contributed by atoms with Crippen molar-refractivity contribution in [3.05, 3.63) is 46.9 Å². The number of nitriles is 1. The van der Waals surface area contributed by atoms with E-state index in [1.807, 2.05) is 0 Å². The Kier molecular flexibility index (Phi) is 2.99. The van der Waals surface area contributed by atoms with Crippen LogP contribution < -0.4 is 10.5 Å². The number of hydrogen-bond acceptors (Lipinski definition) is 4. The maximum Gasteiger partial charge on any atom is 0.237 e. The minimum atomic E-state index is -0.450. The summed E-state index contributed by atoms with van der Waals surface area (Å²) < 4.78 is 18.8. The van der Waals surface area contributed by atoms with Crippen LogP contribution in [0.5, 0.6) is 11.6 Å². The largest absolute Gasteiger partial charge is 0.435 e. The van der Waals surface area contributed by atoms with E-state index in [0.717, 1.165) is 30.5 Å². The number of anilines is 1. The van der Waals surface area contributed by atoms with Gasteiger partial charge in [0.25, 0.3) is 0 Å². The summed E-state index contributed by atoms with van der Waals surface area (Å²) in [6.07, 6.45) is 2.83. The maximum absolute atomic E-state index is 13.2. The summed E-state index contributed by atoms with van der Waals surface area (Å²) in [4.78, 5) is 4.37. The fraction of sp³-hybridized carbons (Fsp3) is 0.200. The number of nitrogens with zero attached hydrogens (tertiary/aromatic N) is 2. The second-order valence-electron chi connectivity index (χ2n) is 4.70. The molecule has 0 bridgehead atoms. The van der Waals surface area contributed by atoms with Gasteiger partial charge in [0, 0.05) is 11.8 Å². The van der Waals surface area contributed by atoms with Crippen molar-refractivity contribution < 1.29 is 9.13 Å². The SMILES string of the molecule is N#Cc1cc2c(nc1Oc1cc(F)ccc1N)CCC2. The summed E-state index contributed by atoms with van der Waals surface area (Å²) in [5.41, 5.74) is 8.41. The topological polar surface area (TPSA) is 71.9 Å². The predicted molar refractivity (Wildman–Crippen MR) is 71.9 cm³/mol. The molecule has 0 fully saturated rings. The molecule has 0 radical (unpaired) electrons. The van der Waals surface area contributed by atoms with E-state index in [2.05, 4.69) is 11.1 Å². The van der Waals surface area contributed by atoms with Gasteiger partial charge in [0.15, 0.2) is 5.75 Å². The summed E-state index contributed by atoms with van der Waals surface area (Å²) >= 11 is 0. The summed E-state index contributed by atoms with van der Waals surface area (Å²) in [5, 5.41) is 9.18. The number of fused-ring (bicyclic) bond motifs is 1. The second kappa shape index (κ2) is 4.82. The average molecular weight is 269 g/mol. The van der Waals surface area contributed by atoms with Gasteiger partial charge >= 0.3 is 0 Å². The molecule has 20 heavy (non-hydrogen) atoms. The molecular formula is C15H12FN3O. The Morgan fingerprint density at radius 3 is 2.95 bits per heavy atom. The minimum absolute atomic E-state index is 0.173. The number of aryl methyl sites for hydroxylation is 2. The molecule has 1 aromatic heterocycles. The van der Waals surface area contributed by atoms with Gasteiger partial charge in [-0.1, -0.05) is 0 Å². The third-order valence-corrected chi connectivity index (χ3v) is 3.32. The number of halogens is 1.